The third-order valence-electron chi connectivity index (χ3n) is 10.4. The monoisotopic (exact) mass is 402 g/mol. The molecule has 2 heterocycles. The highest BCUT2D eigenvalue weighted by Crippen LogP contribution is 2.74. The molecule has 0 aromatic carbocycles. The molecule has 6 aliphatic rings. The van der Waals surface area contributed by atoms with Gasteiger partial charge in [0.25, 0.3) is 0 Å². The van der Waals surface area contributed by atoms with Crippen molar-refractivity contribution in [2.45, 2.75) is 76.7 Å². The Kier molecular flexibility index (Phi) is 3.75. The van der Waals surface area contributed by atoms with Gasteiger partial charge in [-0.2, -0.15) is 0 Å². The Morgan fingerprint density at radius 1 is 1.14 bits per heavy atom. The van der Waals surface area contributed by atoms with Crippen LogP contribution in [0.1, 0.15) is 46.5 Å². The molecule has 5 heteroatoms. The number of carbonyl (C=O) groups is 1. The van der Waals surface area contributed by atoms with Gasteiger partial charge in [-0.05, 0) is 54.8 Å². The van der Waals surface area contributed by atoms with Crippen LogP contribution in [0.5, 0.6) is 0 Å². The zero-order chi connectivity index (χ0) is 20.3. The van der Waals surface area contributed by atoms with Crippen molar-refractivity contribution >= 4 is 5.78 Å². The highest BCUT2D eigenvalue weighted by molar-refractivity contribution is 5.96. The van der Waals surface area contributed by atoms with Crippen LogP contribution in [0, 0.1) is 40.4 Å². The molecule has 0 bridgehead atoms. The maximum Gasteiger partial charge on any atom is 0.196 e. The highest BCUT2D eigenvalue weighted by atomic mass is 16.7. The van der Waals surface area contributed by atoms with Gasteiger partial charge in [0.2, 0.25) is 0 Å². The van der Waals surface area contributed by atoms with E-state index in [1.54, 1.807) is 14.2 Å². The standard InChI is InChI=1S/C24H34O5/c1-12(21(26-4)27-5)14-6-7-15-13-8-11-24-19(29-24)17(25)18-20(28-18)23(24,3)16(13)9-10-22(14,15)2/h8,11-16,18-21H,6-7,9-10H2,1-5H3/t12?,13-,14+,15-,16-,18-,19+,20-,22+,23-,24+/m0/s1. The fourth-order valence-corrected chi connectivity index (χ4v) is 8.84. The number of epoxide rings is 2. The van der Waals surface area contributed by atoms with Crippen LogP contribution in [0.25, 0.3) is 0 Å². The first-order valence-corrected chi connectivity index (χ1v) is 11.5. The van der Waals surface area contributed by atoms with Gasteiger partial charge in [0, 0.05) is 25.6 Å². The van der Waals surface area contributed by atoms with Crippen molar-refractivity contribution in [1.82, 2.24) is 0 Å². The summed E-state index contributed by atoms with van der Waals surface area (Å²) in [5, 5.41) is 0. The van der Waals surface area contributed by atoms with E-state index in [0.717, 1.165) is 0 Å². The molecule has 3 saturated carbocycles. The molecule has 160 valence electrons. The molecule has 5 fully saturated rings. The summed E-state index contributed by atoms with van der Waals surface area (Å²) in [5.41, 5.74) is -0.152. The fourth-order valence-electron chi connectivity index (χ4n) is 8.84. The number of fused-ring (bicyclic) bond motifs is 6. The van der Waals surface area contributed by atoms with Gasteiger partial charge in [-0.3, -0.25) is 4.79 Å². The molecule has 0 N–H and O–H groups in total. The van der Waals surface area contributed by atoms with E-state index in [0.29, 0.717) is 35.0 Å². The topological polar surface area (TPSA) is 60.6 Å². The number of rotatable bonds is 4. The zero-order valence-corrected chi connectivity index (χ0v) is 18.2. The van der Waals surface area contributed by atoms with Crippen molar-refractivity contribution in [2.75, 3.05) is 14.2 Å². The number of Topliss-reactive ketones (excluding diaryl/α,β-unsaturated/α-hetero) is 1. The van der Waals surface area contributed by atoms with Crippen LogP contribution in [-0.2, 0) is 23.7 Å². The number of ketones is 1. The minimum absolute atomic E-state index is 0.0537. The molecule has 5 nitrogen and oxygen atoms in total. The summed E-state index contributed by atoms with van der Waals surface area (Å²) in [5.74, 6) is 2.92. The van der Waals surface area contributed by atoms with Gasteiger partial charge in [-0.25, -0.2) is 0 Å². The molecular formula is C24H34O5. The summed E-state index contributed by atoms with van der Waals surface area (Å²) >= 11 is 0. The van der Waals surface area contributed by atoms with E-state index >= 15 is 0 Å². The molecule has 0 aromatic heterocycles. The lowest BCUT2D eigenvalue weighted by Crippen LogP contribution is -2.59. The number of ether oxygens (including phenoxy) is 4. The minimum atomic E-state index is -0.390. The van der Waals surface area contributed by atoms with Crippen LogP contribution in [0.4, 0.5) is 0 Å². The molecule has 2 saturated heterocycles. The van der Waals surface area contributed by atoms with Gasteiger partial charge in [-0.1, -0.05) is 32.9 Å². The van der Waals surface area contributed by atoms with Gasteiger partial charge < -0.3 is 18.9 Å². The van der Waals surface area contributed by atoms with Gasteiger partial charge in [0.15, 0.2) is 18.2 Å². The summed E-state index contributed by atoms with van der Waals surface area (Å²) in [6, 6.07) is 0. The predicted octanol–water partition coefficient (Wildman–Crippen LogP) is 3.36. The van der Waals surface area contributed by atoms with Gasteiger partial charge >= 0.3 is 0 Å². The van der Waals surface area contributed by atoms with Crippen molar-refractivity contribution in [2.24, 2.45) is 40.4 Å². The Hall–Kier alpha value is -0.750. The Morgan fingerprint density at radius 3 is 2.62 bits per heavy atom. The molecule has 1 unspecified atom stereocenters. The van der Waals surface area contributed by atoms with Crippen molar-refractivity contribution in [3.8, 4) is 0 Å². The van der Waals surface area contributed by atoms with Crippen molar-refractivity contribution in [3.63, 3.8) is 0 Å². The summed E-state index contributed by atoms with van der Waals surface area (Å²) in [6.45, 7) is 7.17. The lowest BCUT2D eigenvalue weighted by Gasteiger charge is -2.57. The van der Waals surface area contributed by atoms with Crippen LogP contribution in [0.2, 0.25) is 0 Å². The van der Waals surface area contributed by atoms with Crippen LogP contribution >= 0.6 is 0 Å². The predicted molar refractivity (Wildman–Crippen MR) is 106 cm³/mol. The van der Waals surface area contributed by atoms with E-state index < -0.39 is 0 Å². The number of hydrogen-bond donors (Lipinski definition) is 0. The number of carbonyl (C=O) groups excluding carboxylic acids is 1. The third kappa shape index (κ3) is 2.04. The second-order valence-electron chi connectivity index (χ2n) is 11.0. The Bertz CT molecular complexity index is 775. The average molecular weight is 403 g/mol. The summed E-state index contributed by atoms with van der Waals surface area (Å²) in [6.07, 6.45) is 9.06. The van der Waals surface area contributed by atoms with Crippen molar-refractivity contribution in [3.05, 3.63) is 12.2 Å². The molecule has 2 aliphatic heterocycles. The summed E-state index contributed by atoms with van der Waals surface area (Å²) in [4.78, 5) is 12.5. The average Bonchev–Trinajstić information content (AvgIpc) is 3.60. The minimum Gasteiger partial charge on any atom is -0.360 e. The number of methoxy groups -OCH3 is 2. The van der Waals surface area contributed by atoms with E-state index in [4.69, 9.17) is 18.9 Å². The van der Waals surface area contributed by atoms with Crippen LogP contribution in [0.15, 0.2) is 12.2 Å². The molecule has 0 radical (unpaired) electrons. The quantitative estimate of drug-likeness (QED) is 0.410. The van der Waals surface area contributed by atoms with Crippen LogP contribution < -0.4 is 0 Å². The first-order chi connectivity index (χ1) is 13.8. The lowest BCUT2D eigenvalue weighted by atomic mass is 9.46. The van der Waals surface area contributed by atoms with E-state index in [-0.39, 0.29) is 41.4 Å². The maximum atomic E-state index is 12.5. The maximum absolute atomic E-state index is 12.5. The van der Waals surface area contributed by atoms with Crippen LogP contribution in [-0.4, -0.2) is 50.2 Å². The number of hydrogen-bond acceptors (Lipinski definition) is 5. The van der Waals surface area contributed by atoms with E-state index in [9.17, 15) is 4.79 Å². The Balaban J connectivity index is 1.33. The molecule has 11 atom stereocenters. The van der Waals surface area contributed by atoms with Gasteiger partial charge in [0.05, 0.1) is 0 Å². The number of allylic oxidation sites excluding steroid dienone is 1. The molecule has 29 heavy (non-hydrogen) atoms. The van der Waals surface area contributed by atoms with Crippen LogP contribution in [0.3, 0.4) is 0 Å². The second-order valence-corrected chi connectivity index (χ2v) is 11.0. The lowest BCUT2D eigenvalue weighted by molar-refractivity contribution is -0.161. The summed E-state index contributed by atoms with van der Waals surface area (Å²) in [7, 11) is 3.51. The molecule has 0 amide bonds. The Morgan fingerprint density at radius 2 is 1.90 bits per heavy atom. The van der Waals surface area contributed by atoms with Gasteiger partial charge in [0.1, 0.15) is 17.8 Å². The first-order valence-electron chi connectivity index (χ1n) is 11.5. The molecular weight excluding hydrogens is 368 g/mol. The van der Waals surface area contributed by atoms with Crippen molar-refractivity contribution in [1.29, 1.82) is 0 Å². The molecule has 4 aliphatic carbocycles. The van der Waals surface area contributed by atoms with Gasteiger partial charge in [-0.15, -0.1) is 0 Å². The SMILES string of the molecule is COC(OC)C(C)[C@H]1CC[C@H]2[C@@H]3C=C[C@@]45O[C@@H]4C(=O)[C@@H]4O[C@@H]4[C@]5(C)[C@H]3CC[C@]12C. The molecule has 0 aromatic rings. The Labute approximate surface area is 173 Å². The second kappa shape index (κ2) is 5.73. The van der Waals surface area contributed by atoms with E-state index in [1.165, 1.54) is 25.7 Å². The van der Waals surface area contributed by atoms with Crippen molar-refractivity contribution < 1.29 is 23.7 Å². The normalized spacial score (nSPS) is 57.4. The van der Waals surface area contributed by atoms with E-state index in [2.05, 4.69) is 32.9 Å². The summed E-state index contributed by atoms with van der Waals surface area (Å²) < 4.78 is 23.4. The molecule has 6 rings (SSSR count). The smallest absolute Gasteiger partial charge is 0.196 e. The highest BCUT2D eigenvalue weighted by Gasteiger charge is 2.84. The molecule has 1 spiro atoms. The first kappa shape index (κ1) is 19.0. The van der Waals surface area contributed by atoms with E-state index in [1.807, 2.05) is 0 Å². The zero-order valence-electron chi connectivity index (χ0n) is 18.2. The largest absolute Gasteiger partial charge is 0.360 e. The fraction of sp³-hybridized carbons (Fsp3) is 0.875. The third-order valence-corrected chi connectivity index (χ3v) is 10.4.